The van der Waals surface area contributed by atoms with Crippen molar-refractivity contribution in [2.75, 3.05) is 40.0 Å². The Morgan fingerprint density at radius 1 is 1.40 bits per heavy atom. The highest BCUT2D eigenvalue weighted by Crippen LogP contribution is 2.32. The van der Waals surface area contributed by atoms with E-state index in [2.05, 4.69) is 4.98 Å². The van der Waals surface area contributed by atoms with Gasteiger partial charge in [0.15, 0.2) is 0 Å². The number of amides is 1. The average Bonchev–Trinajstić information content (AvgIpc) is 2.90. The van der Waals surface area contributed by atoms with E-state index in [1.807, 2.05) is 24.0 Å². The third kappa shape index (κ3) is 3.55. The summed E-state index contributed by atoms with van der Waals surface area (Å²) in [6.45, 7) is 4.74. The van der Waals surface area contributed by atoms with Gasteiger partial charge in [-0.05, 0) is 24.6 Å². The highest BCUT2D eigenvalue weighted by atomic mass is 16.5. The molecular formula is C15H22N2O3. The summed E-state index contributed by atoms with van der Waals surface area (Å²) in [5, 5.41) is 0. The maximum absolute atomic E-state index is 12.1. The molecule has 2 rings (SSSR count). The Hall–Kier alpha value is -1.46. The van der Waals surface area contributed by atoms with Gasteiger partial charge in [0.1, 0.15) is 6.61 Å². The Labute approximate surface area is 119 Å². The quantitative estimate of drug-likeness (QED) is 0.787. The van der Waals surface area contributed by atoms with Crippen molar-refractivity contribution in [3.63, 3.8) is 0 Å². The van der Waals surface area contributed by atoms with Gasteiger partial charge in [-0.2, -0.15) is 0 Å². The first-order chi connectivity index (χ1) is 9.76. The Morgan fingerprint density at radius 3 is 2.80 bits per heavy atom. The van der Waals surface area contributed by atoms with E-state index in [-0.39, 0.29) is 12.5 Å². The summed E-state index contributed by atoms with van der Waals surface area (Å²) in [6.07, 6.45) is 3.59. The Balaban J connectivity index is 2.05. The standard InChI is InChI=1S/C15H22N2O3/c1-3-20-11-15(18)17-8-13(10-19-2)14(9-17)12-4-6-16-7-5-12/h4-7,13-14H,3,8-11H2,1-2H3/t13-,14-/m0/s1. The molecule has 1 aromatic rings. The number of methoxy groups -OCH3 is 1. The molecule has 0 unspecified atom stereocenters. The lowest BCUT2D eigenvalue weighted by molar-refractivity contribution is -0.135. The zero-order valence-corrected chi connectivity index (χ0v) is 12.1. The van der Waals surface area contributed by atoms with E-state index in [9.17, 15) is 4.79 Å². The van der Waals surface area contributed by atoms with Crippen molar-refractivity contribution >= 4 is 5.91 Å². The van der Waals surface area contributed by atoms with Gasteiger partial charge in [-0.3, -0.25) is 9.78 Å². The van der Waals surface area contributed by atoms with Crippen molar-refractivity contribution < 1.29 is 14.3 Å². The third-order valence-corrected chi connectivity index (χ3v) is 3.74. The summed E-state index contributed by atoms with van der Waals surface area (Å²) in [4.78, 5) is 18.0. The second-order valence-electron chi connectivity index (χ2n) is 5.04. The molecule has 1 aliphatic rings. The molecule has 0 radical (unpaired) electrons. The average molecular weight is 278 g/mol. The van der Waals surface area contributed by atoms with E-state index < -0.39 is 0 Å². The highest BCUT2D eigenvalue weighted by molar-refractivity contribution is 5.78. The number of carbonyl (C=O) groups is 1. The number of hydrogen-bond donors (Lipinski definition) is 0. The summed E-state index contributed by atoms with van der Waals surface area (Å²) in [5.74, 6) is 0.695. The second kappa shape index (κ2) is 7.36. The number of likely N-dealkylation sites (tertiary alicyclic amines) is 1. The van der Waals surface area contributed by atoms with Crippen molar-refractivity contribution in [2.24, 2.45) is 5.92 Å². The van der Waals surface area contributed by atoms with Crippen LogP contribution in [0.2, 0.25) is 0 Å². The third-order valence-electron chi connectivity index (χ3n) is 3.74. The predicted octanol–water partition coefficient (Wildman–Crippen LogP) is 1.31. The van der Waals surface area contributed by atoms with E-state index in [0.29, 0.717) is 25.0 Å². The Kier molecular flexibility index (Phi) is 5.49. The van der Waals surface area contributed by atoms with Crippen molar-refractivity contribution in [3.8, 4) is 0 Å². The summed E-state index contributed by atoms with van der Waals surface area (Å²) in [5.41, 5.74) is 1.22. The van der Waals surface area contributed by atoms with Crippen molar-refractivity contribution in [2.45, 2.75) is 12.8 Å². The summed E-state index contributed by atoms with van der Waals surface area (Å²) in [7, 11) is 1.70. The number of pyridine rings is 1. The van der Waals surface area contributed by atoms with Crippen LogP contribution in [0.4, 0.5) is 0 Å². The van der Waals surface area contributed by atoms with Gasteiger partial charge in [-0.15, -0.1) is 0 Å². The second-order valence-corrected chi connectivity index (χ2v) is 5.04. The van der Waals surface area contributed by atoms with Crippen LogP contribution >= 0.6 is 0 Å². The molecule has 0 spiro atoms. The Morgan fingerprint density at radius 2 is 2.15 bits per heavy atom. The first kappa shape index (κ1) is 14.9. The van der Waals surface area contributed by atoms with E-state index in [0.717, 1.165) is 13.1 Å². The van der Waals surface area contributed by atoms with Gasteiger partial charge in [0.25, 0.3) is 0 Å². The van der Waals surface area contributed by atoms with Gasteiger partial charge >= 0.3 is 0 Å². The molecule has 1 saturated heterocycles. The van der Waals surface area contributed by atoms with Gasteiger partial charge in [-0.25, -0.2) is 0 Å². The van der Waals surface area contributed by atoms with Crippen LogP contribution in [0, 0.1) is 5.92 Å². The summed E-state index contributed by atoms with van der Waals surface area (Å²) >= 11 is 0. The first-order valence-corrected chi connectivity index (χ1v) is 7.00. The van der Waals surface area contributed by atoms with Gasteiger partial charge < -0.3 is 14.4 Å². The molecule has 0 N–H and O–H groups in total. The number of ether oxygens (including phenoxy) is 2. The highest BCUT2D eigenvalue weighted by Gasteiger charge is 2.35. The molecule has 0 aliphatic carbocycles. The van der Waals surface area contributed by atoms with E-state index in [4.69, 9.17) is 9.47 Å². The number of carbonyl (C=O) groups excluding carboxylic acids is 1. The first-order valence-electron chi connectivity index (χ1n) is 7.00. The SMILES string of the molecule is CCOCC(=O)N1C[C@@H](COC)[C@H](c2ccncc2)C1. The van der Waals surface area contributed by atoms with Crippen LogP contribution in [0.3, 0.4) is 0 Å². The van der Waals surface area contributed by atoms with Crippen LogP contribution in [-0.2, 0) is 14.3 Å². The van der Waals surface area contributed by atoms with Gasteiger partial charge in [0, 0.05) is 51.0 Å². The molecule has 2 atom stereocenters. The van der Waals surface area contributed by atoms with Gasteiger partial charge in [0.2, 0.25) is 5.91 Å². The molecule has 20 heavy (non-hydrogen) atoms. The van der Waals surface area contributed by atoms with Crippen molar-refractivity contribution in [3.05, 3.63) is 30.1 Å². The van der Waals surface area contributed by atoms with Crippen molar-refractivity contribution in [1.29, 1.82) is 0 Å². The molecule has 5 nitrogen and oxygen atoms in total. The summed E-state index contributed by atoms with van der Waals surface area (Å²) < 4.78 is 10.5. The molecular weight excluding hydrogens is 256 g/mol. The van der Waals surface area contributed by atoms with Crippen LogP contribution in [0.25, 0.3) is 0 Å². The van der Waals surface area contributed by atoms with E-state index in [1.54, 1.807) is 19.5 Å². The molecule has 1 aliphatic heterocycles. The number of aromatic nitrogens is 1. The van der Waals surface area contributed by atoms with Crippen LogP contribution in [-0.4, -0.2) is 55.8 Å². The van der Waals surface area contributed by atoms with Crippen LogP contribution in [0.15, 0.2) is 24.5 Å². The number of hydrogen-bond acceptors (Lipinski definition) is 4. The van der Waals surface area contributed by atoms with Crippen LogP contribution < -0.4 is 0 Å². The molecule has 110 valence electrons. The molecule has 0 saturated carbocycles. The normalized spacial score (nSPS) is 22.2. The van der Waals surface area contributed by atoms with Crippen molar-refractivity contribution in [1.82, 2.24) is 9.88 Å². The van der Waals surface area contributed by atoms with Crippen LogP contribution in [0.1, 0.15) is 18.4 Å². The van der Waals surface area contributed by atoms with E-state index in [1.165, 1.54) is 5.56 Å². The molecule has 1 aromatic heterocycles. The maximum Gasteiger partial charge on any atom is 0.248 e. The molecule has 1 amide bonds. The lowest BCUT2D eigenvalue weighted by Crippen LogP contribution is -2.32. The predicted molar refractivity (Wildman–Crippen MR) is 75.4 cm³/mol. The molecule has 5 heteroatoms. The smallest absolute Gasteiger partial charge is 0.248 e. The van der Waals surface area contributed by atoms with Gasteiger partial charge in [0.05, 0.1) is 6.61 Å². The number of rotatable bonds is 6. The zero-order valence-electron chi connectivity index (χ0n) is 12.1. The fourth-order valence-corrected chi connectivity index (χ4v) is 2.73. The fraction of sp³-hybridized carbons (Fsp3) is 0.600. The van der Waals surface area contributed by atoms with E-state index >= 15 is 0 Å². The minimum atomic E-state index is 0.0597. The number of nitrogens with zero attached hydrogens (tertiary/aromatic N) is 2. The molecule has 0 bridgehead atoms. The molecule has 0 aromatic carbocycles. The minimum Gasteiger partial charge on any atom is -0.384 e. The monoisotopic (exact) mass is 278 g/mol. The zero-order chi connectivity index (χ0) is 14.4. The Bertz CT molecular complexity index is 424. The topological polar surface area (TPSA) is 51.7 Å². The molecule has 2 heterocycles. The maximum atomic E-state index is 12.1. The molecule has 1 fully saturated rings. The largest absolute Gasteiger partial charge is 0.384 e. The van der Waals surface area contributed by atoms with Gasteiger partial charge in [-0.1, -0.05) is 0 Å². The lowest BCUT2D eigenvalue weighted by Gasteiger charge is -2.17. The fourth-order valence-electron chi connectivity index (χ4n) is 2.73. The minimum absolute atomic E-state index is 0.0597. The lowest BCUT2D eigenvalue weighted by atomic mass is 9.90. The van der Waals surface area contributed by atoms with Crippen LogP contribution in [0.5, 0.6) is 0 Å². The summed E-state index contributed by atoms with van der Waals surface area (Å²) in [6, 6.07) is 4.04.